The van der Waals surface area contributed by atoms with Gasteiger partial charge in [-0.3, -0.25) is 4.79 Å². The molecule has 1 aromatic carbocycles. The van der Waals surface area contributed by atoms with E-state index < -0.39 is 0 Å². The standard InChI is InChI=1S/C16H22N2O2S/c1-20-13-6-4-12(5-7-13)15-3-2-9-18(15)16(19)14-11-21-10-8-17-14/h4-7,14-15,17H,2-3,8-11H2,1H3. The Balaban J connectivity index is 1.73. The number of nitrogens with zero attached hydrogens (tertiary/aromatic N) is 1. The molecule has 0 radical (unpaired) electrons. The molecule has 0 spiro atoms. The van der Waals surface area contributed by atoms with Gasteiger partial charge < -0.3 is 15.0 Å². The van der Waals surface area contributed by atoms with Gasteiger partial charge in [-0.05, 0) is 30.5 Å². The molecule has 2 atom stereocenters. The molecule has 5 heteroatoms. The number of nitrogens with one attached hydrogen (secondary N) is 1. The number of ether oxygens (including phenoxy) is 1. The highest BCUT2D eigenvalue weighted by Gasteiger charge is 2.34. The summed E-state index contributed by atoms with van der Waals surface area (Å²) in [5.74, 6) is 3.12. The number of likely N-dealkylation sites (tertiary alicyclic amines) is 1. The highest BCUT2D eigenvalue weighted by molar-refractivity contribution is 7.99. The van der Waals surface area contributed by atoms with Gasteiger partial charge in [-0.1, -0.05) is 12.1 Å². The van der Waals surface area contributed by atoms with E-state index in [4.69, 9.17) is 4.74 Å². The smallest absolute Gasteiger partial charge is 0.241 e. The lowest BCUT2D eigenvalue weighted by Gasteiger charge is -2.31. The SMILES string of the molecule is COc1ccc(C2CCCN2C(=O)C2CSCCN2)cc1. The molecule has 4 nitrogen and oxygen atoms in total. The van der Waals surface area contributed by atoms with Gasteiger partial charge in [0.15, 0.2) is 0 Å². The second kappa shape index (κ2) is 6.71. The van der Waals surface area contributed by atoms with Crippen LogP contribution in [0.1, 0.15) is 24.4 Å². The molecule has 2 aliphatic heterocycles. The summed E-state index contributed by atoms with van der Waals surface area (Å²) in [7, 11) is 1.67. The summed E-state index contributed by atoms with van der Waals surface area (Å²) in [5, 5.41) is 3.35. The van der Waals surface area contributed by atoms with E-state index in [1.54, 1.807) is 7.11 Å². The van der Waals surface area contributed by atoms with Gasteiger partial charge in [0.05, 0.1) is 19.2 Å². The largest absolute Gasteiger partial charge is 0.497 e. The van der Waals surface area contributed by atoms with E-state index in [1.807, 2.05) is 23.9 Å². The third kappa shape index (κ3) is 3.19. The predicted octanol–water partition coefficient (Wildman–Crippen LogP) is 2.06. The molecule has 114 valence electrons. The molecule has 2 saturated heterocycles. The minimum absolute atomic E-state index is 0.0115. The lowest BCUT2D eigenvalue weighted by molar-refractivity contribution is -0.133. The average molecular weight is 306 g/mol. The summed E-state index contributed by atoms with van der Waals surface area (Å²) in [6.07, 6.45) is 2.14. The number of rotatable bonds is 3. The third-order valence-electron chi connectivity index (χ3n) is 4.26. The van der Waals surface area contributed by atoms with Crippen LogP contribution in [-0.4, -0.2) is 48.6 Å². The van der Waals surface area contributed by atoms with Gasteiger partial charge in [0, 0.05) is 24.6 Å². The Kier molecular flexibility index (Phi) is 4.70. The first-order valence-corrected chi connectivity index (χ1v) is 8.70. The quantitative estimate of drug-likeness (QED) is 0.928. The molecule has 2 fully saturated rings. The summed E-state index contributed by atoms with van der Waals surface area (Å²) >= 11 is 1.87. The van der Waals surface area contributed by atoms with Gasteiger partial charge in [-0.25, -0.2) is 0 Å². The maximum Gasteiger partial charge on any atom is 0.241 e. The fraction of sp³-hybridized carbons (Fsp3) is 0.562. The Morgan fingerprint density at radius 1 is 1.38 bits per heavy atom. The zero-order valence-corrected chi connectivity index (χ0v) is 13.2. The summed E-state index contributed by atoms with van der Waals surface area (Å²) in [6, 6.07) is 8.33. The van der Waals surface area contributed by atoms with Crippen LogP contribution in [0.25, 0.3) is 0 Å². The highest BCUT2D eigenvalue weighted by Crippen LogP contribution is 2.33. The van der Waals surface area contributed by atoms with Crippen molar-refractivity contribution in [2.75, 3.05) is 31.7 Å². The Morgan fingerprint density at radius 3 is 2.86 bits per heavy atom. The van der Waals surface area contributed by atoms with Gasteiger partial charge in [-0.2, -0.15) is 11.8 Å². The van der Waals surface area contributed by atoms with Crippen molar-refractivity contribution in [2.24, 2.45) is 0 Å². The van der Waals surface area contributed by atoms with Crippen LogP contribution in [0.3, 0.4) is 0 Å². The van der Waals surface area contributed by atoms with Gasteiger partial charge in [0.25, 0.3) is 0 Å². The van der Waals surface area contributed by atoms with Crippen molar-refractivity contribution in [3.8, 4) is 5.75 Å². The summed E-state index contributed by atoms with van der Waals surface area (Å²) in [6.45, 7) is 1.81. The van der Waals surface area contributed by atoms with E-state index in [2.05, 4.69) is 22.3 Å². The summed E-state index contributed by atoms with van der Waals surface area (Å²) in [4.78, 5) is 14.8. The second-order valence-corrected chi connectivity index (χ2v) is 6.69. The van der Waals surface area contributed by atoms with Crippen molar-refractivity contribution in [1.82, 2.24) is 10.2 Å². The number of carbonyl (C=O) groups is 1. The molecule has 2 unspecified atom stereocenters. The van der Waals surface area contributed by atoms with Crippen molar-refractivity contribution in [1.29, 1.82) is 0 Å². The first kappa shape index (κ1) is 14.7. The van der Waals surface area contributed by atoms with Crippen LogP contribution in [0.2, 0.25) is 0 Å². The van der Waals surface area contributed by atoms with Crippen molar-refractivity contribution < 1.29 is 9.53 Å². The van der Waals surface area contributed by atoms with E-state index >= 15 is 0 Å². The topological polar surface area (TPSA) is 41.6 Å². The zero-order valence-electron chi connectivity index (χ0n) is 12.4. The van der Waals surface area contributed by atoms with Crippen LogP contribution in [0, 0.1) is 0 Å². The number of hydrogen-bond donors (Lipinski definition) is 1. The van der Waals surface area contributed by atoms with E-state index in [0.717, 1.165) is 43.2 Å². The number of hydrogen-bond acceptors (Lipinski definition) is 4. The Labute approximate surface area is 130 Å². The monoisotopic (exact) mass is 306 g/mol. The lowest BCUT2D eigenvalue weighted by atomic mass is 10.0. The minimum atomic E-state index is -0.0115. The fourth-order valence-electron chi connectivity index (χ4n) is 3.13. The van der Waals surface area contributed by atoms with Crippen LogP contribution in [0.15, 0.2) is 24.3 Å². The first-order chi connectivity index (χ1) is 10.3. The summed E-state index contributed by atoms with van der Waals surface area (Å²) in [5.41, 5.74) is 1.21. The van der Waals surface area contributed by atoms with Crippen LogP contribution < -0.4 is 10.1 Å². The number of benzene rings is 1. The van der Waals surface area contributed by atoms with Gasteiger partial charge in [0.1, 0.15) is 5.75 Å². The highest BCUT2D eigenvalue weighted by atomic mass is 32.2. The maximum absolute atomic E-state index is 12.7. The second-order valence-electron chi connectivity index (χ2n) is 5.54. The number of carbonyl (C=O) groups excluding carboxylic acids is 1. The van der Waals surface area contributed by atoms with E-state index in [-0.39, 0.29) is 18.0 Å². The maximum atomic E-state index is 12.7. The molecule has 3 rings (SSSR count). The molecule has 1 N–H and O–H groups in total. The van der Waals surface area contributed by atoms with E-state index in [0.29, 0.717) is 0 Å². The Hall–Kier alpha value is -1.20. The van der Waals surface area contributed by atoms with E-state index in [9.17, 15) is 4.79 Å². The molecular weight excluding hydrogens is 284 g/mol. The van der Waals surface area contributed by atoms with Crippen LogP contribution >= 0.6 is 11.8 Å². The van der Waals surface area contributed by atoms with Gasteiger partial charge in [0.2, 0.25) is 5.91 Å². The average Bonchev–Trinajstić information content (AvgIpc) is 3.04. The lowest BCUT2D eigenvalue weighted by Crippen LogP contribution is -2.50. The van der Waals surface area contributed by atoms with Crippen LogP contribution in [0.5, 0.6) is 5.75 Å². The molecule has 1 aromatic rings. The minimum Gasteiger partial charge on any atom is -0.497 e. The molecule has 0 aromatic heterocycles. The Morgan fingerprint density at radius 2 is 2.19 bits per heavy atom. The third-order valence-corrected chi connectivity index (χ3v) is 5.32. The number of thioether (sulfide) groups is 1. The van der Waals surface area contributed by atoms with Crippen molar-refractivity contribution in [3.05, 3.63) is 29.8 Å². The van der Waals surface area contributed by atoms with Crippen LogP contribution in [0.4, 0.5) is 0 Å². The summed E-state index contributed by atoms with van der Waals surface area (Å²) < 4.78 is 5.21. The number of amides is 1. The number of methoxy groups -OCH3 is 1. The molecular formula is C16H22N2O2S. The van der Waals surface area contributed by atoms with Crippen molar-refractivity contribution in [3.63, 3.8) is 0 Å². The van der Waals surface area contributed by atoms with Crippen LogP contribution in [-0.2, 0) is 4.79 Å². The molecule has 2 aliphatic rings. The molecule has 0 bridgehead atoms. The normalized spacial score (nSPS) is 25.9. The van der Waals surface area contributed by atoms with Crippen molar-refractivity contribution in [2.45, 2.75) is 24.9 Å². The fourth-order valence-corrected chi connectivity index (χ4v) is 4.05. The molecule has 0 aliphatic carbocycles. The molecule has 21 heavy (non-hydrogen) atoms. The zero-order chi connectivity index (χ0) is 14.7. The molecule has 1 amide bonds. The van der Waals surface area contributed by atoms with Gasteiger partial charge in [-0.15, -0.1) is 0 Å². The molecule has 2 heterocycles. The van der Waals surface area contributed by atoms with E-state index in [1.165, 1.54) is 5.56 Å². The van der Waals surface area contributed by atoms with Crippen molar-refractivity contribution >= 4 is 17.7 Å². The van der Waals surface area contributed by atoms with Gasteiger partial charge >= 0.3 is 0 Å². The molecule has 0 saturated carbocycles. The Bertz CT molecular complexity index is 486. The predicted molar refractivity (Wildman–Crippen MR) is 85.8 cm³/mol. The first-order valence-electron chi connectivity index (χ1n) is 7.55.